The topological polar surface area (TPSA) is 120 Å². The third-order valence-electron chi connectivity index (χ3n) is 4.99. The van der Waals surface area contributed by atoms with Crippen molar-refractivity contribution in [2.45, 2.75) is 19.3 Å². The Bertz CT molecular complexity index is 1180. The quantitative estimate of drug-likeness (QED) is 0.515. The minimum absolute atomic E-state index is 0.187. The van der Waals surface area contributed by atoms with Crippen molar-refractivity contribution in [1.82, 2.24) is 4.98 Å². The number of carbonyl (C=O) groups excluding carboxylic acids is 1. The van der Waals surface area contributed by atoms with Crippen molar-refractivity contribution in [2.75, 3.05) is 0 Å². The van der Waals surface area contributed by atoms with E-state index in [1.54, 1.807) is 32.0 Å². The summed E-state index contributed by atoms with van der Waals surface area (Å²) in [6.45, 7) is 3.54. The second kappa shape index (κ2) is 4.92. The molecule has 0 saturated carbocycles. The van der Waals surface area contributed by atoms with Crippen LogP contribution in [0.3, 0.4) is 0 Å². The van der Waals surface area contributed by atoms with E-state index in [1.165, 1.54) is 12.1 Å². The number of phenolic OH excluding ortho intramolecular Hbond substituents is 1. The zero-order chi connectivity index (χ0) is 18.8. The molecule has 4 rings (SSSR count). The molecule has 0 spiro atoms. The van der Waals surface area contributed by atoms with Crippen LogP contribution in [-0.4, -0.2) is 20.8 Å². The maximum atomic E-state index is 13.1. The lowest BCUT2D eigenvalue weighted by Crippen LogP contribution is -2.31. The van der Waals surface area contributed by atoms with Gasteiger partial charge in [-0.25, -0.2) is 0 Å². The molecule has 7 heteroatoms. The van der Waals surface area contributed by atoms with Crippen LogP contribution in [0.4, 0.5) is 5.69 Å². The first-order chi connectivity index (χ1) is 12.3. The molecule has 0 amide bonds. The van der Waals surface area contributed by atoms with Gasteiger partial charge in [0, 0.05) is 27.6 Å². The summed E-state index contributed by atoms with van der Waals surface area (Å²) in [5.41, 5.74) is 1.08. The molecule has 2 N–H and O–H groups in total. The predicted molar refractivity (Wildman–Crippen MR) is 93.3 cm³/mol. The van der Waals surface area contributed by atoms with E-state index in [1.807, 2.05) is 0 Å². The summed E-state index contributed by atoms with van der Waals surface area (Å²) in [5.74, 6) is -0.811. The smallest absolute Gasteiger partial charge is 0.315 e. The van der Waals surface area contributed by atoms with Crippen LogP contribution in [-0.2, 0) is 5.41 Å². The Morgan fingerprint density at radius 2 is 2.00 bits per heavy atom. The predicted octanol–water partition coefficient (Wildman–Crippen LogP) is 3.52. The molecule has 0 radical (unpaired) electrons. The van der Waals surface area contributed by atoms with Gasteiger partial charge in [0.15, 0.2) is 11.5 Å². The number of hydrogen-bond acceptors (Lipinski definition) is 5. The van der Waals surface area contributed by atoms with Crippen molar-refractivity contribution in [3.05, 3.63) is 68.4 Å². The second-order valence-corrected chi connectivity index (χ2v) is 6.81. The van der Waals surface area contributed by atoms with Crippen LogP contribution in [0.15, 0.2) is 30.3 Å². The lowest BCUT2D eigenvalue weighted by atomic mass is 9.70. The van der Waals surface area contributed by atoms with E-state index in [4.69, 9.17) is 5.26 Å². The van der Waals surface area contributed by atoms with Crippen LogP contribution in [0.25, 0.3) is 10.9 Å². The molecular formula is C19H13N3O4. The highest BCUT2D eigenvalue weighted by molar-refractivity contribution is 6.20. The molecule has 0 saturated heterocycles. The number of aromatic nitrogens is 1. The monoisotopic (exact) mass is 347 g/mol. The van der Waals surface area contributed by atoms with Gasteiger partial charge < -0.3 is 10.1 Å². The number of benzene rings is 2. The molecule has 0 atom stereocenters. The molecule has 1 aliphatic carbocycles. The van der Waals surface area contributed by atoms with Crippen LogP contribution in [0.2, 0.25) is 0 Å². The van der Waals surface area contributed by atoms with Gasteiger partial charge in [0.2, 0.25) is 0 Å². The maximum absolute atomic E-state index is 13.1. The number of aromatic amines is 1. The average molecular weight is 347 g/mol. The van der Waals surface area contributed by atoms with Gasteiger partial charge in [0.25, 0.3) is 0 Å². The molecule has 26 heavy (non-hydrogen) atoms. The van der Waals surface area contributed by atoms with Crippen molar-refractivity contribution in [2.24, 2.45) is 0 Å². The summed E-state index contributed by atoms with van der Waals surface area (Å²) in [6.07, 6.45) is 0. The van der Waals surface area contributed by atoms with Crippen molar-refractivity contribution >= 4 is 22.4 Å². The van der Waals surface area contributed by atoms with Crippen LogP contribution in [0, 0.1) is 21.4 Å². The van der Waals surface area contributed by atoms with Gasteiger partial charge in [0.1, 0.15) is 0 Å². The molecule has 1 heterocycles. The van der Waals surface area contributed by atoms with E-state index in [9.17, 15) is 20.0 Å². The third-order valence-corrected chi connectivity index (χ3v) is 4.99. The third kappa shape index (κ3) is 1.84. The number of phenols is 1. The SMILES string of the molecule is CC1(C)c2[nH]c3cc(C#N)ccc3c2C(=O)c2ccc(O)c([N+](=O)[O-])c21. The summed E-state index contributed by atoms with van der Waals surface area (Å²) >= 11 is 0. The normalized spacial score (nSPS) is 14.6. The summed E-state index contributed by atoms with van der Waals surface area (Å²) in [7, 11) is 0. The van der Waals surface area contributed by atoms with E-state index in [0.717, 1.165) is 0 Å². The van der Waals surface area contributed by atoms with Crippen LogP contribution >= 0.6 is 0 Å². The molecule has 0 unspecified atom stereocenters. The van der Waals surface area contributed by atoms with Gasteiger partial charge in [-0.2, -0.15) is 5.26 Å². The average Bonchev–Trinajstić information content (AvgIpc) is 2.99. The van der Waals surface area contributed by atoms with E-state index in [0.29, 0.717) is 27.7 Å². The minimum atomic E-state index is -0.911. The standard InChI is InChI=1S/C19H13N3O4/c1-19(2)15-11(5-6-13(23)16(15)22(25)26)17(24)14-10-4-3-9(8-20)7-12(10)21-18(14)19/h3-7,21,23H,1-2H3. The van der Waals surface area contributed by atoms with E-state index >= 15 is 0 Å². The van der Waals surface area contributed by atoms with Gasteiger partial charge in [-0.3, -0.25) is 14.9 Å². The fraction of sp³-hybridized carbons (Fsp3) is 0.158. The minimum Gasteiger partial charge on any atom is -0.502 e. The fourth-order valence-electron chi connectivity index (χ4n) is 3.82. The van der Waals surface area contributed by atoms with Gasteiger partial charge in [0.05, 0.1) is 27.7 Å². The zero-order valence-corrected chi connectivity index (χ0v) is 14.0. The Morgan fingerprint density at radius 1 is 1.27 bits per heavy atom. The molecule has 0 aliphatic heterocycles. The van der Waals surface area contributed by atoms with E-state index in [-0.39, 0.29) is 16.9 Å². The van der Waals surface area contributed by atoms with Crippen molar-refractivity contribution in [3.63, 3.8) is 0 Å². The Hall–Kier alpha value is -3.66. The molecule has 2 aromatic carbocycles. The van der Waals surface area contributed by atoms with Gasteiger partial charge in [-0.15, -0.1) is 0 Å². The van der Waals surface area contributed by atoms with E-state index < -0.39 is 21.8 Å². The molecule has 7 nitrogen and oxygen atoms in total. The first-order valence-electron chi connectivity index (χ1n) is 7.89. The number of nitrogens with zero attached hydrogens (tertiary/aromatic N) is 2. The van der Waals surface area contributed by atoms with Crippen LogP contribution in [0.1, 0.15) is 46.6 Å². The lowest BCUT2D eigenvalue weighted by Gasteiger charge is -2.31. The highest BCUT2D eigenvalue weighted by Gasteiger charge is 2.45. The van der Waals surface area contributed by atoms with Gasteiger partial charge >= 0.3 is 5.69 Å². The first kappa shape index (κ1) is 15.8. The number of nitriles is 1. The zero-order valence-electron chi connectivity index (χ0n) is 14.0. The number of carbonyl (C=O) groups is 1. The highest BCUT2D eigenvalue weighted by Crippen LogP contribution is 2.49. The molecule has 128 valence electrons. The Kier molecular flexibility index (Phi) is 3.00. The van der Waals surface area contributed by atoms with Gasteiger partial charge in [-0.1, -0.05) is 6.07 Å². The van der Waals surface area contributed by atoms with Gasteiger partial charge in [-0.05, 0) is 38.1 Å². The highest BCUT2D eigenvalue weighted by atomic mass is 16.6. The Labute approximate surface area is 147 Å². The first-order valence-corrected chi connectivity index (χ1v) is 7.89. The van der Waals surface area contributed by atoms with Crippen molar-refractivity contribution in [1.29, 1.82) is 5.26 Å². The number of nitrogens with one attached hydrogen (secondary N) is 1. The molecular weight excluding hydrogens is 334 g/mol. The molecule has 1 aliphatic rings. The Balaban J connectivity index is 2.13. The number of hydrogen-bond donors (Lipinski definition) is 2. The van der Waals surface area contributed by atoms with E-state index in [2.05, 4.69) is 11.1 Å². The second-order valence-electron chi connectivity index (χ2n) is 6.81. The summed E-state index contributed by atoms with van der Waals surface area (Å²) in [4.78, 5) is 27.2. The molecule has 0 fully saturated rings. The largest absolute Gasteiger partial charge is 0.502 e. The van der Waals surface area contributed by atoms with Crippen LogP contribution < -0.4 is 0 Å². The molecule has 1 aromatic heterocycles. The fourth-order valence-corrected chi connectivity index (χ4v) is 3.82. The molecule has 0 bridgehead atoms. The number of rotatable bonds is 1. The summed E-state index contributed by atoms with van der Waals surface area (Å²) in [5, 5.41) is 31.3. The number of H-pyrrole nitrogens is 1. The number of aromatic hydroxyl groups is 1. The maximum Gasteiger partial charge on any atom is 0.315 e. The molecule has 3 aromatic rings. The number of ketones is 1. The number of nitro benzene ring substituents is 1. The Morgan fingerprint density at radius 3 is 2.65 bits per heavy atom. The summed E-state index contributed by atoms with van der Waals surface area (Å²) in [6, 6.07) is 9.64. The van der Waals surface area contributed by atoms with Crippen molar-refractivity contribution in [3.8, 4) is 11.8 Å². The number of nitro groups is 1. The van der Waals surface area contributed by atoms with Crippen LogP contribution in [0.5, 0.6) is 5.75 Å². The number of fused-ring (bicyclic) bond motifs is 4. The van der Waals surface area contributed by atoms with Crippen molar-refractivity contribution < 1.29 is 14.8 Å². The lowest BCUT2D eigenvalue weighted by molar-refractivity contribution is -0.387. The summed E-state index contributed by atoms with van der Waals surface area (Å²) < 4.78 is 0.